The van der Waals surface area contributed by atoms with Crippen LogP contribution >= 0.6 is 0 Å². The predicted octanol–water partition coefficient (Wildman–Crippen LogP) is 1.58. The third kappa shape index (κ3) is 4.03. The molecule has 0 amide bonds. The number of aryl methyl sites for hydroxylation is 1. The van der Waals surface area contributed by atoms with Gasteiger partial charge in [-0.15, -0.1) is 0 Å². The topological polar surface area (TPSA) is 58.6 Å². The lowest BCUT2D eigenvalue weighted by Crippen LogP contribution is -2.35. The highest BCUT2D eigenvalue weighted by Gasteiger charge is 2.14. The standard InChI is InChI=1S/C12H16FNO3/c1-8-3-4-9(13)7-11(8)17-6-5-10(14-2)12(15)16/h3-4,7,10,14H,5-6H2,1-2H3,(H,15,16). The number of hydrogen-bond donors (Lipinski definition) is 2. The van der Waals surface area contributed by atoms with Crippen LogP contribution in [-0.2, 0) is 4.79 Å². The second-order valence-corrected chi connectivity index (χ2v) is 3.73. The molecule has 0 saturated carbocycles. The maximum atomic E-state index is 12.9. The van der Waals surface area contributed by atoms with Crippen LogP contribution in [0.2, 0.25) is 0 Å². The van der Waals surface area contributed by atoms with E-state index in [2.05, 4.69) is 5.32 Å². The van der Waals surface area contributed by atoms with Crippen LogP contribution in [0.25, 0.3) is 0 Å². The Labute approximate surface area is 99.4 Å². The summed E-state index contributed by atoms with van der Waals surface area (Å²) in [6.45, 7) is 2.03. The molecular formula is C12H16FNO3. The average molecular weight is 241 g/mol. The Bertz CT molecular complexity index is 395. The molecule has 0 aliphatic heterocycles. The number of carboxylic acids is 1. The molecule has 0 saturated heterocycles. The summed E-state index contributed by atoms with van der Waals surface area (Å²) in [4.78, 5) is 10.7. The number of nitrogens with one attached hydrogen (secondary N) is 1. The summed E-state index contributed by atoms with van der Waals surface area (Å²) < 4.78 is 18.3. The molecule has 1 unspecified atom stereocenters. The average Bonchev–Trinajstić information content (AvgIpc) is 2.28. The van der Waals surface area contributed by atoms with E-state index in [-0.39, 0.29) is 12.4 Å². The van der Waals surface area contributed by atoms with Gasteiger partial charge in [-0.05, 0) is 25.6 Å². The van der Waals surface area contributed by atoms with Gasteiger partial charge in [0, 0.05) is 12.5 Å². The third-order valence-electron chi connectivity index (χ3n) is 2.46. The fourth-order valence-corrected chi connectivity index (χ4v) is 1.41. The summed E-state index contributed by atoms with van der Waals surface area (Å²) in [5.74, 6) is -0.841. The van der Waals surface area contributed by atoms with Gasteiger partial charge in [-0.1, -0.05) is 6.07 Å². The number of likely N-dealkylation sites (N-methyl/N-ethyl adjacent to an activating group) is 1. The van der Waals surface area contributed by atoms with Gasteiger partial charge in [0.05, 0.1) is 6.61 Å². The van der Waals surface area contributed by atoms with Gasteiger partial charge in [-0.3, -0.25) is 4.79 Å². The zero-order chi connectivity index (χ0) is 12.8. The van der Waals surface area contributed by atoms with Gasteiger partial charge in [0.25, 0.3) is 0 Å². The Kier molecular flexibility index (Phi) is 4.90. The van der Waals surface area contributed by atoms with Crippen molar-refractivity contribution in [3.05, 3.63) is 29.6 Å². The first kappa shape index (κ1) is 13.4. The number of halogens is 1. The van der Waals surface area contributed by atoms with Crippen LogP contribution in [0.5, 0.6) is 5.75 Å². The molecule has 2 N–H and O–H groups in total. The van der Waals surface area contributed by atoms with Crippen LogP contribution in [0.3, 0.4) is 0 Å². The lowest BCUT2D eigenvalue weighted by molar-refractivity contribution is -0.139. The number of ether oxygens (including phenoxy) is 1. The predicted molar refractivity (Wildman–Crippen MR) is 61.7 cm³/mol. The number of carboxylic acid groups (broad SMARTS) is 1. The molecule has 1 aromatic carbocycles. The van der Waals surface area contributed by atoms with Gasteiger partial charge in [0.2, 0.25) is 0 Å². The smallest absolute Gasteiger partial charge is 0.320 e. The van der Waals surface area contributed by atoms with Crippen LogP contribution in [0.1, 0.15) is 12.0 Å². The summed E-state index contributed by atoms with van der Waals surface area (Å²) in [5.41, 5.74) is 0.822. The largest absolute Gasteiger partial charge is 0.493 e. The maximum Gasteiger partial charge on any atom is 0.320 e. The molecular weight excluding hydrogens is 225 g/mol. The first-order valence-corrected chi connectivity index (χ1v) is 5.33. The van der Waals surface area contributed by atoms with E-state index in [1.807, 2.05) is 6.92 Å². The van der Waals surface area contributed by atoms with Crippen molar-refractivity contribution in [3.8, 4) is 5.75 Å². The number of rotatable bonds is 6. The van der Waals surface area contributed by atoms with Crippen LogP contribution in [0, 0.1) is 12.7 Å². The Morgan fingerprint density at radius 2 is 2.29 bits per heavy atom. The first-order chi connectivity index (χ1) is 8.04. The molecule has 0 fully saturated rings. The molecule has 0 aliphatic carbocycles. The number of benzene rings is 1. The van der Waals surface area contributed by atoms with Crippen LogP contribution in [0.15, 0.2) is 18.2 Å². The quantitative estimate of drug-likeness (QED) is 0.793. The molecule has 0 spiro atoms. The highest BCUT2D eigenvalue weighted by Crippen LogP contribution is 2.18. The fourth-order valence-electron chi connectivity index (χ4n) is 1.41. The molecule has 4 nitrogen and oxygen atoms in total. The van der Waals surface area contributed by atoms with E-state index >= 15 is 0 Å². The van der Waals surface area contributed by atoms with Crippen LogP contribution in [0.4, 0.5) is 4.39 Å². The van der Waals surface area contributed by atoms with Crippen molar-refractivity contribution in [1.82, 2.24) is 5.32 Å². The molecule has 1 aromatic rings. The number of carbonyl (C=O) groups is 1. The van der Waals surface area contributed by atoms with Gasteiger partial charge >= 0.3 is 5.97 Å². The molecule has 0 bridgehead atoms. The van der Waals surface area contributed by atoms with Crippen molar-refractivity contribution >= 4 is 5.97 Å². The molecule has 17 heavy (non-hydrogen) atoms. The molecule has 0 aromatic heterocycles. The molecule has 1 atom stereocenters. The minimum absolute atomic E-state index is 0.224. The zero-order valence-corrected chi connectivity index (χ0v) is 9.87. The third-order valence-corrected chi connectivity index (χ3v) is 2.46. The van der Waals surface area contributed by atoms with Crippen LogP contribution in [-0.4, -0.2) is 30.8 Å². The van der Waals surface area contributed by atoms with E-state index in [1.54, 1.807) is 13.1 Å². The second-order valence-electron chi connectivity index (χ2n) is 3.73. The Hall–Kier alpha value is -1.62. The normalized spacial score (nSPS) is 12.2. The zero-order valence-electron chi connectivity index (χ0n) is 9.87. The summed E-state index contributed by atoms with van der Waals surface area (Å²) in [5, 5.41) is 11.5. The first-order valence-electron chi connectivity index (χ1n) is 5.33. The minimum Gasteiger partial charge on any atom is -0.493 e. The summed E-state index contributed by atoms with van der Waals surface area (Å²) in [7, 11) is 1.58. The van der Waals surface area contributed by atoms with Gasteiger partial charge < -0.3 is 15.2 Å². The van der Waals surface area contributed by atoms with Crippen molar-refractivity contribution in [1.29, 1.82) is 0 Å². The molecule has 0 heterocycles. The van der Waals surface area contributed by atoms with Crippen molar-refractivity contribution < 1.29 is 19.0 Å². The minimum atomic E-state index is -0.924. The van der Waals surface area contributed by atoms with E-state index in [9.17, 15) is 9.18 Å². The Morgan fingerprint density at radius 1 is 1.59 bits per heavy atom. The van der Waals surface area contributed by atoms with Crippen molar-refractivity contribution in [2.45, 2.75) is 19.4 Å². The second kappa shape index (κ2) is 6.20. The summed E-state index contributed by atoms with van der Waals surface area (Å²) in [6, 6.07) is 3.63. The summed E-state index contributed by atoms with van der Waals surface area (Å²) >= 11 is 0. The highest BCUT2D eigenvalue weighted by atomic mass is 19.1. The SMILES string of the molecule is CNC(CCOc1cc(F)ccc1C)C(=O)O. The lowest BCUT2D eigenvalue weighted by atomic mass is 10.2. The maximum absolute atomic E-state index is 12.9. The van der Waals surface area contributed by atoms with Crippen LogP contribution < -0.4 is 10.1 Å². The van der Waals surface area contributed by atoms with E-state index < -0.39 is 12.0 Å². The van der Waals surface area contributed by atoms with E-state index in [0.717, 1.165) is 5.56 Å². The van der Waals surface area contributed by atoms with Gasteiger partial charge in [0.1, 0.15) is 17.6 Å². The molecule has 0 aliphatic rings. The highest BCUT2D eigenvalue weighted by molar-refractivity contribution is 5.73. The van der Waals surface area contributed by atoms with Crippen molar-refractivity contribution in [3.63, 3.8) is 0 Å². The molecule has 5 heteroatoms. The van der Waals surface area contributed by atoms with Gasteiger partial charge in [-0.25, -0.2) is 4.39 Å². The Balaban J connectivity index is 2.50. The van der Waals surface area contributed by atoms with E-state index in [1.165, 1.54) is 12.1 Å². The molecule has 1 rings (SSSR count). The van der Waals surface area contributed by atoms with Gasteiger partial charge in [0.15, 0.2) is 0 Å². The Morgan fingerprint density at radius 3 is 2.88 bits per heavy atom. The fraction of sp³-hybridized carbons (Fsp3) is 0.417. The lowest BCUT2D eigenvalue weighted by Gasteiger charge is -2.13. The number of hydrogen-bond acceptors (Lipinski definition) is 3. The molecule has 94 valence electrons. The summed E-state index contributed by atoms with van der Waals surface area (Å²) in [6.07, 6.45) is 0.321. The van der Waals surface area contributed by atoms with E-state index in [4.69, 9.17) is 9.84 Å². The molecule has 0 radical (unpaired) electrons. The van der Waals surface area contributed by atoms with Gasteiger partial charge in [-0.2, -0.15) is 0 Å². The number of aliphatic carboxylic acids is 1. The van der Waals surface area contributed by atoms with Crippen molar-refractivity contribution in [2.24, 2.45) is 0 Å². The van der Waals surface area contributed by atoms with E-state index in [0.29, 0.717) is 12.2 Å². The monoisotopic (exact) mass is 241 g/mol. The van der Waals surface area contributed by atoms with Crippen molar-refractivity contribution in [2.75, 3.05) is 13.7 Å².